The topological polar surface area (TPSA) is 68.5 Å². The number of rotatable bonds is 4. The van der Waals surface area contributed by atoms with Gasteiger partial charge in [-0.05, 0) is 31.9 Å². The number of ether oxygens (including phenoxy) is 1. The van der Waals surface area contributed by atoms with Crippen LogP contribution in [0.2, 0.25) is 0 Å². The Morgan fingerprint density at radius 1 is 1.50 bits per heavy atom. The molecule has 0 saturated carbocycles. The largest absolute Gasteiger partial charge is 0.497 e. The first-order valence-electron chi connectivity index (χ1n) is 7.99. The Hall–Kier alpha value is -2.08. The van der Waals surface area contributed by atoms with Gasteiger partial charge in [0.25, 0.3) is 0 Å². The Morgan fingerprint density at radius 3 is 3.08 bits per heavy atom. The van der Waals surface area contributed by atoms with Crippen LogP contribution >= 0.6 is 11.6 Å². The molecule has 3 rings (SSSR count). The molecule has 0 aliphatic carbocycles. The van der Waals surface area contributed by atoms with Crippen LogP contribution in [0.5, 0.6) is 5.75 Å². The second-order valence-electron chi connectivity index (χ2n) is 5.93. The normalized spacial score (nSPS) is 19.1. The number of carbonyl (C=O) groups excluding carboxylic acids is 1. The fourth-order valence-electron chi connectivity index (χ4n) is 2.91. The molecule has 24 heavy (non-hydrogen) atoms. The molecule has 2 atom stereocenters. The van der Waals surface area contributed by atoms with Crippen LogP contribution in [0.4, 0.5) is 0 Å². The van der Waals surface area contributed by atoms with Gasteiger partial charge in [-0.3, -0.25) is 4.79 Å². The number of hydrogen-bond acceptors (Lipinski definition) is 5. The van der Waals surface area contributed by atoms with Gasteiger partial charge in [-0.15, -0.1) is 11.6 Å². The quantitative estimate of drug-likeness (QED) is 0.793. The molecule has 0 spiro atoms. The lowest BCUT2D eigenvalue weighted by atomic mass is 9.97. The number of halogens is 1. The van der Waals surface area contributed by atoms with Crippen molar-refractivity contribution in [1.82, 2.24) is 15.0 Å². The van der Waals surface area contributed by atoms with E-state index in [1.54, 1.807) is 18.9 Å². The van der Waals surface area contributed by atoms with Crippen molar-refractivity contribution >= 4 is 17.5 Å². The van der Waals surface area contributed by atoms with Crippen LogP contribution in [0.15, 0.2) is 28.8 Å². The zero-order valence-corrected chi connectivity index (χ0v) is 14.5. The number of piperidine rings is 1. The van der Waals surface area contributed by atoms with Crippen molar-refractivity contribution in [1.29, 1.82) is 0 Å². The van der Waals surface area contributed by atoms with Crippen molar-refractivity contribution in [3.63, 3.8) is 0 Å². The number of amides is 1. The average Bonchev–Trinajstić information content (AvgIpc) is 3.11. The molecule has 7 heteroatoms. The van der Waals surface area contributed by atoms with E-state index in [9.17, 15) is 4.79 Å². The fraction of sp³-hybridized carbons (Fsp3) is 0.471. The van der Waals surface area contributed by atoms with E-state index in [1.165, 1.54) is 0 Å². The van der Waals surface area contributed by atoms with E-state index < -0.39 is 5.38 Å². The summed E-state index contributed by atoms with van der Waals surface area (Å²) in [6.45, 7) is 2.99. The summed E-state index contributed by atoms with van der Waals surface area (Å²) in [7, 11) is 1.62. The third-order valence-electron chi connectivity index (χ3n) is 4.19. The molecule has 0 radical (unpaired) electrons. The zero-order chi connectivity index (χ0) is 17.1. The standard InChI is InChI=1S/C17H20ClN3O3/c1-11(18)17(22)21-8-4-6-13(10-21)16-19-15(20-24-16)12-5-3-7-14(9-12)23-2/h3,5,7,9,11,13H,4,6,8,10H2,1-2H3. The molecule has 128 valence electrons. The van der Waals surface area contributed by atoms with Crippen LogP contribution in [-0.4, -0.2) is 46.5 Å². The molecule has 2 unspecified atom stereocenters. The van der Waals surface area contributed by atoms with Crippen LogP contribution in [0.1, 0.15) is 31.6 Å². The first kappa shape index (κ1) is 16.8. The van der Waals surface area contributed by atoms with Crippen LogP contribution in [0.25, 0.3) is 11.4 Å². The molecule has 1 fully saturated rings. The maximum absolute atomic E-state index is 12.1. The van der Waals surface area contributed by atoms with Gasteiger partial charge < -0.3 is 14.2 Å². The van der Waals surface area contributed by atoms with E-state index in [1.807, 2.05) is 24.3 Å². The fourth-order valence-corrected chi connectivity index (χ4v) is 3.05. The highest BCUT2D eigenvalue weighted by atomic mass is 35.5. The highest BCUT2D eigenvalue weighted by Gasteiger charge is 2.30. The van der Waals surface area contributed by atoms with Crippen molar-refractivity contribution < 1.29 is 14.1 Å². The van der Waals surface area contributed by atoms with Crippen molar-refractivity contribution in [2.75, 3.05) is 20.2 Å². The maximum Gasteiger partial charge on any atom is 0.240 e. The van der Waals surface area contributed by atoms with Crippen molar-refractivity contribution in [2.45, 2.75) is 31.1 Å². The van der Waals surface area contributed by atoms with E-state index in [0.29, 0.717) is 18.3 Å². The van der Waals surface area contributed by atoms with Crippen LogP contribution < -0.4 is 4.74 Å². The Kier molecular flexibility index (Phi) is 5.04. The summed E-state index contributed by atoms with van der Waals surface area (Å²) in [5.74, 6) is 1.83. The van der Waals surface area contributed by atoms with Gasteiger partial charge in [-0.1, -0.05) is 17.3 Å². The summed E-state index contributed by atoms with van der Waals surface area (Å²) in [6.07, 6.45) is 1.82. The first-order chi connectivity index (χ1) is 11.6. The smallest absolute Gasteiger partial charge is 0.240 e. The zero-order valence-electron chi connectivity index (χ0n) is 13.7. The monoisotopic (exact) mass is 349 g/mol. The molecule has 6 nitrogen and oxygen atoms in total. The van der Waals surface area contributed by atoms with Crippen molar-refractivity contribution in [3.05, 3.63) is 30.2 Å². The third kappa shape index (κ3) is 3.53. The number of alkyl halides is 1. The lowest BCUT2D eigenvalue weighted by molar-refractivity contribution is -0.131. The van der Waals surface area contributed by atoms with Crippen LogP contribution in [0.3, 0.4) is 0 Å². The number of benzene rings is 1. The van der Waals surface area contributed by atoms with Gasteiger partial charge >= 0.3 is 0 Å². The minimum atomic E-state index is -0.515. The highest BCUT2D eigenvalue weighted by Crippen LogP contribution is 2.29. The minimum absolute atomic E-state index is 0.0463. The molecule has 0 N–H and O–H groups in total. The Morgan fingerprint density at radius 2 is 2.33 bits per heavy atom. The van der Waals surface area contributed by atoms with Gasteiger partial charge in [0.15, 0.2) is 0 Å². The second kappa shape index (κ2) is 7.21. The molecular formula is C17H20ClN3O3. The van der Waals surface area contributed by atoms with Gasteiger partial charge in [-0.2, -0.15) is 4.98 Å². The predicted molar refractivity (Wildman–Crippen MR) is 90.2 cm³/mol. The molecule has 1 aliphatic rings. The van der Waals surface area contributed by atoms with E-state index in [0.717, 1.165) is 30.7 Å². The summed E-state index contributed by atoms with van der Waals surface area (Å²) in [5, 5.41) is 3.56. The molecule has 1 aromatic heterocycles. The average molecular weight is 350 g/mol. The Balaban J connectivity index is 1.76. The van der Waals surface area contributed by atoms with E-state index >= 15 is 0 Å². The number of hydrogen-bond donors (Lipinski definition) is 0. The Labute approximate surface area is 145 Å². The van der Waals surface area contributed by atoms with E-state index in [2.05, 4.69) is 10.1 Å². The Bertz CT molecular complexity index is 717. The summed E-state index contributed by atoms with van der Waals surface area (Å²) >= 11 is 5.91. The molecule has 2 aromatic rings. The summed E-state index contributed by atoms with van der Waals surface area (Å²) < 4.78 is 10.7. The molecule has 1 amide bonds. The molecule has 2 heterocycles. The van der Waals surface area contributed by atoms with E-state index in [4.69, 9.17) is 20.9 Å². The van der Waals surface area contributed by atoms with Gasteiger partial charge in [0.05, 0.1) is 13.0 Å². The number of methoxy groups -OCH3 is 1. The SMILES string of the molecule is COc1cccc(-c2noc(C3CCCN(C(=O)C(C)Cl)C3)n2)c1. The molecule has 1 aromatic carbocycles. The predicted octanol–water partition coefficient (Wildman–Crippen LogP) is 3.08. The number of nitrogens with zero attached hydrogens (tertiary/aromatic N) is 3. The lowest BCUT2D eigenvalue weighted by Gasteiger charge is -2.31. The molecular weight excluding hydrogens is 330 g/mol. The minimum Gasteiger partial charge on any atom is -0.497 e. The summed E-state index contributed by atoms with van der Waals surface area (Å²) in [6, 6.07) is 7.51. The summed E-state index contributed by atoms with van der Waals surface area (Å²) in [4.78, 5) is 18.4. The molecule has 1 saturated heterocycles. The van der Waals surface area contributed by atoms with Gasteiger partial charge in [0, 0.05) is 18.7 Å². The van der Waals surface area contributed by atoms with E-state index in [-0.39, 0.29) is 11.8 Å². The van der Waals surface area contributed by atoms with Crippen LogP contribution in [-0.2, 0) is 4.79 Å². The molecule has 1 aliphatic heterocycles. The first-order valence-corrected chi connectivity index (χ1v) is 8.43. The van der Waals surface area contributed by atoms with Crippen molar-refractivity contribution in [2.24, 2.45) is 0 Å². The second-order valence-corrected chi connectivity index (χ2v) is 6.58. The lowest BCUT2D eigenvalue weighted by Crippen LogP contribution is -2.42. The number of carbonyl (C=O) groups is 1. The highest BCUT2D eigenvalue weighted by molar-refractivity contribution is 6.30. The van der Waals surface area contributed by atoms with Gasteiger partial charge in [-0.25, -0.2) is 0 Å². The van der Waals surface area contributed by atoms with Crippen molar-refractivity contribution in [3.8, 4) is 17.1 Å². The third-order valence-corrected chi connectivity index (χ3v) is 4.38. The number of aromatic nitrogens is 2. The van der Waals surface area contributed by atoms with Gasteiger partial charge in [0.1, 0.15) is 11.1 Å². The number of likely N-dealkylation sites (tertiary alicyclic amines) is 1. The van der Waals surface area contributed by atoms with Crippen LogP contribution in [0, 0.1) is 0 Å². The van der Waals surface area contributed by atoms with Gasteiger partial charge in [0.2, 0.25) is 17.6 Å². The summed E-state index contributed by atoms with van der Waals surface area (Å²) in [5.41, 5.74) is 0.836. The maximum atomic E-state index is 12.1. The molecule has 0 bridgehead atoms.